The maximum absolute atomic E-state index is 13.0. The average molecular weight is 450 g/mol. The van der Waals surface area contributed by atoms with E-state index in [4.69, 9.17) is 0 Å². The van der Waals surface area contributed by atoms with Crippen LogP contribution in [0.1, 0.15) is 36.3 Å². The minimum absolute atomic E-state index is 0.118. The third-order valence-corrected chi connectivity index (χ3v) is 7.54. The summed E-state index contributed by atoms with van der Waals surface area (Å²) in [4.78, 5) is 16.7. The summed E-state index contributed by atoms with van der Waals surface area (Å²) >= 11 is 0. The van der Waals surface area contributed by atoms with Crippen LogP contribution in [0.5, 0.6) is 0 Å². The van der Waals surface area contributed by atoms with Crippen LogP contribution in [-0.4, -0.2) is 42.7 Å². The molecule has 166 valence electrons. The summed E-state index contributed by atoms with van der Waals surface area (Å²) in [6.45, 7) is 0.280. The van der Waals surface area contributed by atoms with Crippen molar-refractivity contribution in [3.05, 3.63) is 96.3 Å². The summed E-state index contributed by atoms with van der Waals surface area (Å²) in [7, 11) is -3.75. The van der Waals surface area contributed by atoms with Gasteiger partial charge >= 0.3 is 0 Å². The third kappa shape index (κ3) is 5.41. The van der Waals surface area contributed by atoms with Crippen molar-refractivity contribution >= 4 is 15.9 Å². The fourth-order valence-corrected chi connectivity index (χ4v) is 5.46. The molecule has 2 aromatic carbocycles. The topological polar surface area (TPSA) is 79.4 Å². The number of rotatable bonds is 10. The largest absolute Gasteiger partial charge is 0.355 e. The molecule has 1 aromatic heterocycles. The molecule has 0 aliphatic heterocycles. The van der Waals surface area contributed by atoms with E-state index >= 15 is 0 Å². The molecule has 1 aliphatic carbocycles. The van der Waals surface area contributed by atoms with Crippen LogP contribution in [0.4, 0.5) is 0 Å². The van der Waals surface area contributed by atoms with Gasteiger partial charge in [0.2, 0.25) is 15.9 Å². The lowest BCUT2D eigenvalue weighted by atomic mass is 9.88. The van der Waals surface area contributed by atoms with Crippen molar-refractivity contribution in [1.29, 1.82) is 0 Å². The summed E-state index contributed by atoms with van der Waals surface area (Å²) in [5.41, 5.74) is 2.37. The van der Waals surface area contributed by atoms with Gasteiger partial charge in [-0.15, -0.1) is 0 Å². The second kappa shape index (κ2) is 10.1. The van der Waals surface area contributed by atoms with Gasteiger partial charge in [0.25, 0.3) is 0 Å². The Morgan fingerprint density at radius 1 is 0.969 bits per heavy atom. The zero-order valence-corrected chi connectivity index (χ0v) is 18.6. The zero-order valence-electron chi connectivity index (χ0n) is 17.8. The van der Waals surface area contributed by atoms with Crippen molar-refractivity contribution in [3.63, 3.8) is 0 Å². The molecule has 1 aliphatic rings. The van der Waals surface area contributed by atoms with E-state index in [1.807, 2.05) is 36.4 Å². The van der Waals surface area contributed by atoms with Gasteiger partial charge in [0.1, 0.15) is 4.90 Å². The van der Waals surface area contributed by atoms with E-state index < -0.39 is 10.0 Å². The molecule has 1 saturated carbocycles. The lowest BCUT2D eigenvalue weighted by Gasteiger charge is -2.22. The first-order valence-electron chi connectivity index (χ1n) is 10.8. The molecular formula is C25H27N3O3S. The van der Waals surface area contributed by atoms with Crippen LogP contribution >= 0.6 is 0 Å². The number of sulfonamides is 1. The molecule has 32 heavy (non-hydrogen) atoms. The Bertz CT molecular complexity index is 1080. The van der Waals surface area contributed by atoms with Gasteiger partial charge in [0, 0.05) is 30.9 Å². The number of aromatic nitrogens is 1. The van der Waals surface area contributed by atoms with Crippen LogP contribution in [0.15, 0.2) is 90.1 Å². The molecule has 0 unspecified atom stereocenters. The quantitative estimate of drug-likeness (QED) is 0.513. The summed E-state index contributed by atoms with van der Waals surface area (Å²) in [5, 5.41) is 2.93. The zero-order chi connectivity index (χ0) is 22.4. The summed E-state index contributed by atoms with van der Waals surface area (Å²) in [6.07, 6.45) is 5.13. The van der Waals surface area contributed by atoms with Crippen LogP contribution in [0, 0.1) is 0 Å². The number of nitrogens with zero attached hydrogens (tertiary/aromatic N) is 2. The first kappa shape index (κ1) is 22.2. The number of nitrogens with one attached hydrogen (secondary N) is 1. The molecule has 3 aromatic rings. The molecule has 1 N–H and O–H groups in total. The first-order chi connectivity index (χ1) is 15.6. The van der Waals surface area contributed by atoms with Gasteiger partial charge in [-0.3, -0.25) is 9.78 Å². The predicted octanol–water partition coefficient (Wildman–Crippen LogP) is 3.57. The van der Waals surface area contributed by atoms with E-state index in [0.717, 1.165) is 19.3 Å². The highest BCUT2D eigenvalue weighted by atomic mass is 32.2. The van der Waals surface area contributed by atoms with Crippen molar-refractivity contribution in [2.45, 2.75) is 36.1 Å². The first-order valence-corrected chi connectivity index (χ1v) is 12.3. The molecule has 0 bridgehead atoms. The summed E-state index contributed by atoms with van der Waals surface area (Å²) in [5.74, 6) is -0.138. The molecule has 0 spiro atoms. The Kier molecular flexibility index (Phi) is 6.97. The Hall–Kier alpha value is -3.03. The average Bonchev–Trinajstić information content (AvgIpc) is 3.67. The number of carbonyl (C=O) groups excluding carboxylic acids is 1. The van der Waals surface area contributed by atoms with E-state index in [0.29, 0.717) is 6.54 Å². The molecule has 1 fully saturated rings. The molecule has 0 saturated heterocycles. The van der Waals surface area contributed by atoms with Gasteiger partial charge in [-0.1, -0.05) is 60.7 Å². The van der Waals surface area contributed by atoms with Crippen molar-refractivity contribution in [2.75, 3.05) is 13.1 Å². The van der Waals surface area contributed by atoms with Crippen molar-refractivity contribution in [2.24, 2.45) is 0 Å². The number of benzene rings is 2. The predicted molar refractivity (Wildman–Crippen MR) is 124 cm³/mol. The van der Waals surface area contributed by atoms with Crippen LogP contribution in [0.25, 0.3) is 0 Å². The third-order valence-electron chi connectivity index (χ3n) is 5.65. The van der Waals surface area contributed by atoms with E-state index in [1.54, 1.807) is 6.07 Å². The molecular weight excluding hydrogens is 422 g/mol. The fourth-order valence-electron chi connectivity index (χ4n) is 3.86. The number of carbonyl (C=O) groups is 1. The fraction of sp³-hybridized carbons (Fsp3) is 0.280. The van der Waals surface area contributed by atoms with Crippen LogP contribution in [0.2, 0.25) is 0 Å². The molecule has 1 amide bonds. The van der Waals surface area contributed by atoms with Gasteiger partial charge in [-0.2, -0.15) is 4.31 Å². The summed E-state index contributed by atoms with van der Waals surface area (Å²) < 4.78 is 27.3. The van der Waals surface area contributed by atoms with Crippen molar-refractivity contribution < 1.29 is 13.2 Å². The van der Waals surface area contributed by atoms with E-state index in [2.05, 4.69) is 34.6 Å². The highest BCUT2D eigenvalue weighted by Crippen LogP contribution is 2.31. The van der Waals surface area contributed by atoms with Gasteiger partial charge in [0.05, 0.1) is 6.54 Å². The van der Waals surface area contributed by atoms with Crippen LogP contribution < -0.4 is 5.32 Å². The Balaban J connectivity index is 1.40. The summed E-state index contributed by atoms with van der Waals surface area (Å²) in [6, 6.07) is 23.4. The number of pyridine rings is 1. The van der Waals surface area contributed by atoms with Crippen LogP contribution in [0.3, 0.4) is 0 Å². The minimum atomic E-state index is -3.75. The van der Waals surface area contributed by atoms with E-state index in [9.17, 15) is 13.2 Å². The molecule has 7 heteroatoms. The number of amides is 1. The van der Waals surface area contributed by atoms with Crippen LogP contribution in [-0.2, 0) is 14.8 Å². The maximum Gasteiger partial charge on any atom is 0.245 e. The molecule has 4 rings (SSSR count). The van der Waals surface area contributed by atoms with E-state index in [-0.39, 0.29) is 29.3 Å². The molecule has 0 radical (unpaired) electrons. The lowest BCUT2D eigenvalue weighted by molar-refractivity contribution is -0.121. The van der Waals surface area contributed by atoms with Gasteiger partial charge < -0.3 is 5.32 Å². The van der Waals surface area contributed by atoms with Crippen molar-refractivity contribution in [1.82, 2.24) is 14.6 Å². The van der Waals surface area contributed by atoms with Gasteiger partial charge in [-0.05, 0) is 42.5 Å². The van der Waals surface area contributed by atoms with Gasteiger partial charge in [-0.25, -0.2) is 8.42 Å². The van der Waals surface area contributed by atoms with Crippen molar-refractivity contribution in [3.8, 4) is 0 Å². The smallest absolute Gasteiger partial charge is 0.245 e. The Labute approximate surface area is 189 Å². The monoisotopic (exact) mass is 449 g/mol. The molecule has 6 nitrogen and oxygen atoms in total. The minimum Gasteiger partial charge on any atom is -0.355 e. The Morgan fingerprint density at radius 3 is 2.12 bits per heavy atom. The van der Waals surface area contributed by atoms with E-state index in [1.165, 1.54) is 33.9 Å². The molecule has 0 atom stereocenters. The normalized spacial score (nSPS) is 13.9. The SMILES string of the molecule is O=C(CN(C1CC1)S(=O)(=O)c1cccnc1)NCCC(c1ccccc1)c1ccccc1. The number of hydrogen-bond acceptors (Lipinski definition) is 4. The standard InChI is InChI=1S/C25H27N3O3S/c29-25(19-28(22-13-14-22)32(30,31)23-12-7-16-26-18-23)27-17-15-24(20-8-3-1-4-9-20)21-10-5-2-6-11-21/h1-12,16,18,22,24H,13-15,17,19H2,(H,27,29). The number of hydrogen-bond donors (Lipinski definition) is 1. The second-order valence-electron chi connectivity index (χ2n) is 7.98. The highest BCUT2D eigenvalue weighted by molar-refractivity contribution is 7.89. The highest BCUT2D eigenvalue weighted by Gasteiger charge is 2.39. The Morgan fingerprint density at radius 2 is 1.59 bits per heavy atom. The lowest BCUT2D eigenvalue weighted by Crippen LogP contribution is -2.42. The molecule has 1 heterocycles. The van der Waals surface area contributed by atoms with Gasteiger partial charge in [0.15, 0.2) is 0 Å². The maximum atomic E-state index is 13.0. The second-order valence-corrected chi connectivity index (χ2v) is 9.87.